The fourth-order valence-electron chi connectivity index (χ4n) is 1.37. The van der Waals surface area contributed by atoms with Crippen molar-refractivity contribution in [3.05, 3.63) is 29.6 Å². The molecule has 1 unspecified atom stereocenters. The first-order chi connectivity index (χ1) is 7.94. The van der Waals surface area contributed by atoms with Crippen molar-refractivity contribution in [2.75, 3.05) is 11.6 Å². The molecule has 0 saturated carbocycles. The van der Waals surface area contributed by atoms with Gasteiger partial charge in [-0.1, -0.05) is 6.92 Å². The lowest BCUT2D eigenvalue weighted by molar-refractivity contribution is 0.568. The monoisotopic (exact) mass is 276 g/mol. The van der Waals surface area contributed by atoms with Crippen LogP contribution in [0, 0.1) is 12.8 Å². The third kappa shape index (κ3) is 5.02. The summed E-state index contributed by atoms with van der Waals surface area (Å²) in [6, 6.07) is 1.81. The summed E-state index contributed by atoms with van der Waals surface area (Å²) < 4.78 is 26.0. The molecule has 0 aliphatic carbocycles. The molecule has 4 nitrogen and oxygen atoms in total. The van der Waals surface area contributed by atoms with Crippen molar-refractivity contribution < 1.29 is 8.42 Å². The van der Waals surface area contributed by atoms with Crippen LogP contribution in [0.25, 0.3) is 0 Å². The maximum absolute atomic E-state index is 11.7. The molecular formula is C11H17ClN2O2S. The van der Waals surface area contributed by atoms with Crippen LogP contribution in [0.2, 0.25) is 0 Å². The highest BCUT2D eigenvalue weighted by atomic mass is 35.5. The quantitative estimate of drug-likeness (QED) is 0.805. The summed E-state index contributed by atoms with van der Waals surface area (Å²) >= 11 is 5.60. The highest BCUT2D eigenvalue weighted by Gasteiger charge is 2.14. The SMILES string of the molecule is Cc1cnccc1CNS(=O)(=O)CC(C)CCl. The van der Waals surface area contributed by atoms with Crippen LogP contribution in [0.3, 0.4) is 0 Å². The molecule has 0 aliphatic heterocycles. The van der Waals surface area contributed by atoms with E-state index in [2.05, 4.69) is 9.71 Å². The molecule has 6 heteroatoms. The molecule has 1 N–H and O–H groups in total. The van der Waals surface area contributed by atoms with E-state index < -0.39 is 10.0 Å². The van der Waals surface area contributed by atoms with Gasteiger partial charge >= 0.3 is 0 Å². The predicted molar refractivity (Wildman–Crippen MR) is 69.5 cm³/mol. The molecule has 1 aromatic rings. The molecule has 96 valence electrons. The second-order valence-corrected chi connectivity index (χ2v) is 6.32. The molecule has 1 heterocycles. The third-order valence-corrected chi connectivity index (χ3v) is 4.51. The standard InChI is InChI=1S/C11H17ClN2O2S/c1-9(5-12)8-17(15,16)14-7-11-3-4-13-6-10(11)2/h3-4,6,9,14H,5,7-8H2,1-2H3. The summed E-state index contributed by atoms with van der Waals surface area (Å²) in [5.41, 5.74) is 1.91. The smallest absolute Gasteiger partial charge is 0.212 e. The van der Waals surface area contributed by atoms with E-state index in [0.717, 1.165) is 11.1 Å². The molecule has 1 rings (SSSR count). The molecule has 1 atom stereocenters. The van der Waals surface area contributed by atoms with E-state index in [9.17, 15) is 8.42 Å². The molecule has 0 amide bonds. The fourth-order valence-corrected chi connectivity index (χ4v) is 2.97. The van der Waals surface area contributed by atoms with Gasteiger partial charge in [0, 0.05) is 24.8 Å². The molecule has 0 spiro atoms. The number of alkyl halides is 1. The van der Waals surface area contributed by atoms with Crippen LogP contribution in [0.1, 0.15) is 18.1 Å². The first-order valence-corrected chi connectivity index (χ1v) is 7.56. The summed E-state index contributed by atoms with van der Waals surface area (Å²) in [5, 5.41) is 0. The number of rotatable bonds is 6. The lowest BCUT2D eigenvalue weighted by Gasteiger charge is -2.11. The maximum atomic E-state index is 11.7. The van der Waals surface area contributed by atoms with Crippen molar-refractivity contribution in [3.63, 3.8) is 0 Å². The van der Waals surface area contributed by atoms with Crippen LogP contribution in [0.5, 0.6) is 0 Å². The van der Waals surface area contributed by atoms with Crippen LogP contribution >= 0.6 is 11.6 Å². The molecule has 17 heavy (non-hydrogen) atoms. The van der Waals surface area contributed by atoms with Crippen LogP contribution in [0.15, 0.2) is 18.5 Å². The van der Waals surface area contributed by atoms with Crippen LogP contribution < -0.4 is 4.72 Å². The van der Waals surface area contributed by atoms with Gasteiger partial charge in [-0.2, -0.15) is 0 Å². The van der Waals surface area contributed by atoms with E-state index in [0.29, 0.717) is 12.4 Å². The molecule has 0 radical (unpaired) electrons. The summed E-state index contributed by atoms with van der Waals surface area (Å²) in [5.74, 6) is 0.350. The highest BCUT2D eigenvalue weighted by molar-refractivity contribution is 7.89. The minimum atomic E-state index is -3.26. The largest absolute Gasteiger partial charge is 0.264 e. The van der Waals surface area contributed by atoms with Crippen molar-refractivity contribution in [1.82, 2.24) is 9.71 Å². The molecule has 0 bridgehead atoms. The van der Waals surface area contributed by atoms with Gasteiger partial charge in [0.05, 0.1) is 5.75 Å². The predicted octanol–water partition coefficient (Wildman–Crippen LogP) is 1.68. The summed E-state index contributed by atoms with van der Waals surface area (Å²) in [6.07, 6.45) is 3.36. The number of hydrogen-bond donors (Lipinski definition) is 1. The van der Waals surface area contributed by atoms with Crippen molar-refractivity contribution in [2.24, 2.45) is 5.92 Å². The van der Waals surface area contributed by atoms with Gasteiger partial charge in [-0.05, 0) is 30.0 Å². The van der Waals surface area contributed by atoms with Crippen molar-refractivity contribution in [2.45, 2.75) is 20.4 Å². The van der Waals surface area contributed by atoms with Gasteiger partial charge in [0.25, 0.3) is 0 Å². The Kier molecular flexibility index (Phi) is 5.36. The van der Waals surface area contributed by atoms with Gasteiger partial charge < -0.3 is 0 Å². The van der Waals surface area contributed by atoms with Crippen LogP contribution in [-0.2, 0) is 16.6 Å². The van der Waals surface area contributed by atoms with Crippen molar-refractivity contribution >= 4 is 21.6 Å². The van der Waals surface area contributed by atoms with Gasteiger partial charge in [-0.3, -0.25) is 4.98 Å². The summed E-state index contributed by atoms with van der Waals surface area (Å²) in [7, 11) is -3.26. The third-order valence-electron chi connectivity index (χ3n) is 2.39. The Hall–Kier alpha value is -0.650. The van der Waals surface area contributed by atoms with Gasteiger partial charge in [0.2, 0.25) is 10.0 Å². The number of sulfonamides is 1. The number of hydrogen-bond acceptors (Lipinski definition) is 3. The van der Waals surface area contributed by atoms with E-state index in [-0.39, 0.29) is 11.7 Å². The lowest BCUT2D eigenvalue weighted by Crippen LogP contribution is -2.29. The number of nitrogens with one attached hydrogen (secondary N) is 1. The average molecular weight is 277 g/mol. The second kappa shape index (κ2) is 6.33. The molecule has 0 fully saturated rings. The Morgan fingerprint density at radius 3 is 2.82 bits per heavy atom. The van der Waals surface area contributed by atoms with Crippen molar-refractivity contribution in [3.8, 4) is 0 Å². The molecular weight excluding hydrogens is 260 g/mol. The zero-order valence-corrected chi connectivity index (χ0v) is 11.6. The number of aromatic nitrogens is 1. The van der Waals surface area contributed by atoms with Crippen LogP contribution in [-0.4, -0.2) is 25.0 Å². The number of aryl methyl sites for hydroxylation is 1. The average Bonchev–Trinajstić information content (AvgIpc) is 2.27. The van der Waals surface area contributed by atoms with Crippen molar-refractivity contribution in [1.29, 1.82) is 0 Å². The Morgan fingerprint density at radius 2 is 2.24 bits per heavy atom. The van der Waals surface area contributed by atoms with Gasteiger partial charge in [-0.15, -0.1) is 11.6 Å². The number of halogens is 1. The molecule has 0 saturated heterocycles. The van der Waals surface area contributed by atoms with Gasteiger partial charge in [0.15, 0.2) is 0 Å². The molecule has 0 aliphatic rings. The van der Waals surface area contributed by atoms with E-state index in [1.54, 1.807) is 12.4 Å². The summed E-state index contributed by atoms with van der Waals surface area (Å²) in [6.45, 7) is 4.01. The van der Waals surface area contributed by atoms with E-state index in [1.165, 1.54) is 0 Å². The second-order valence-electron chi connectivity index (χ2n) is 4.16. The van der Waals surface area contributed by atoms with E-state index in [1.807, 2.05) is 19.9 Å². The Labute approximate surface area is 107 Å². The topological polar surface area (TPSA) is 59.1 Å². The first kappa shape index (κ1) is 14.4. The Morgan fingerprint density at radius 1 is 1.53 bits per heavy atom. The zero-order valence-electron chi connectivity index (χ0n) is 9.98. The highest BCUT2D eigenvalue weighted by Crippen LogP contribution is 2.07. The normalized spacial score (nSPS) is 13.6. The first-order valence-electron chi connectivity index (χ1n) is 5.37. The maximum Gasteiger partial charge on any atom is 0.212 e. The summed E-state index contributed by atoms with van der Waals surface area (Å²) in [4.78, 5) is 3.96. The fraction of sp³-hybridized carbons (Fsp3) is 0.545. The van der Waals surface area contributed by atoms with E-state index >= 15 is 0 Å². The van der Waals surface area contributed by atoms with E-state index in [4.69, 9.17) is 11.6 Å². The minimum Gasteiger partial charge on any atom is -0.264 e. The van der Waals surface area contributed by atoms with Gasteiger partial charge in [-0.25, -0.2) is 13.1 Å². The van der Waals surface area contributed by atoms with Gasteiger partial charge in [0.1, 0.15) is 0 Å². The lowest BCUT2D eigenvalue weighted by atomic mass is 10.2. The Balaban J connectivity index is 2.59. The Bertz CT molecular complexity index is 462. The molecule has 1 aromatic heterocycles. The number of nitrogens with zero attached hydrogens (tertiary/aromatic N) is 1. The van der Waals surface area contributed by atoms with Crippen LogP contribution in [0.4, 0.5) is 0 Å². The number of pyridine rings is 1. The minimum absolute atomic E-state index is 0.0484. The molecule has 0 aromatic carbocycles. The zero-order chi connectivity index (χ0) is 12.9.